The Hall–Kier alpha value is -3.20. The third kappa shape index (κ3) is 4.32. The average molecular weight is 387 g/mol. The summed E-state index contributed by atoms with van der Waals surface area (Å²) in [7, 11) is 3.09. The van der Waals surface area contributed by atoms with Crippen molar-refractivity contribution >= 4 is 28.3 Å². The predicted octanol–water partition coefficient (Wildman–Crippen LogP) is 2.23. The summed E-state index contributed by atoms with van der Waals surface area (Å²) < 4.78 is 16.8. The summed E-state index contributed by atoms with van der Waals surface area (Å²) in [5, 5.41) is 4.60. The molecule has 0 atom stereocenters. The van der Waals surface area contributed by atoms with Crippen molar-refractivity contribution in [2.45, 2.75) is 13.5 Å². The van der Waals surface area contributed by atoms with Crippen LogP contribution in [0.5, 0.6) is 11.5 Å². The number of hydrogen-bond acceptors (Lipinski definition) is 8. The van der Waals surface area contributed by atoms with Crippen LogP contribution in [0.3, 0.4) is 0 Å². The number of ether oxygens (including phenoxy) is 3. The summed E-state index contributed by atoms with van der Waals surface area (Å²) >= 11 is 1.20. The number of nitrogens with zero attached hydrogens (tertiary/aromatic N) is 3. The number of rotatable bonds is 6. The van der Waals surface area contributed by atoms with Gasteiger partial charge in [0.15, 0.2) is 16.5 Å². The lowest BCUT2D eigenvalue weighted by Gasteiger charge is -2.07. The molecular formula is C18H17N3O5S. The van der Waals surface area contributed by atoms with Gasteiger partial charge in [0.1, 0.15) is 6.61 Å². The fraction of sp³-hybridized carbons (Fsp3) is 0.222. The van der Waals surface area contributed by atoms with Gasteiger partial charge >= 0.3 is 5.97 Å². The Balaban J connectivity index is 1.65. The Morgan fingerprint density at radius 3 is 2.74 bits per heavy atom. The van der Waals surface area contributed by atoms with Crippen molar-refractivity contribution in [3.63, 3.8) is 0 Å². The Morgan fingerprint density at radius 1 is 1.22 bits per heavy atom. The minimum atomic E-state index is -0.527. The number of fused-ring (bicyclic) bond motifs is 1. The first kappa shape index (κ1) is 18.6. The molecule has 3 rings (SSSR count). The van der Waals surface area contributed by atoms with Gasteiger partial charge in [-0.05, 0) is 30.7 Å². The monoisotopic (exact) mass is 387 g/mol. The number of carbonyl (C=O) groups is 1. The summed E-state index contributed by atoms with van der Waals surface area (Å²) in [5.41, 5.74) is 1.11. The van der Waals surface area contributed by atoms with Crippen LogP contribution in [0.25, 0.3) is 11.0 Å². The topological polar surface area (TPSA) is 92.0 Å². The smallest absolute Gasteiger partial charge is 0.331 e. The van der Waals surface area contributed by atoms with Gasteiger partial charge in [-0.2, -0.15) is 9.61 Å². The zero-order valence-electron chi connectivity index (χ0n) is 15.0. The lowest BCUT2D eigenvalue weighted by molar-refractivity contribution is -0.138. The fourth-order valence-electron chi connectivity index (χ4n) is 2.32. The lowest BCUT2D eigenvalue weighted by Crippen LogP contribution is -2.14. The molecule has 0 saturated carbocycles. The predicted molar refractivity (Wildman–Crippen MR) is 100 cm³/mol. The van der Waals surface area contributed by atoms with E-state index in [4.69, 9.17) is 14.2 Å². The first-order chi connectivity index (χ1) is 13.0. The van der Waals surface area contributed by atoms with Crippen molar-refractivity contribution in [2.75, 3.05) is 14.2 Å². The maximum atomic E-state index is 11.9. The van der Waals surface area contributed by atoms with Gasteiger partial charge in [0.05, 0.1) is 14.2 Å². The van der Waals surface area contributed by atoms with Gasteiger partial charge in [-0.25, -0.2) is 9.78 Å². The first-order valence-corrected chi connectivity index (χ1v) is 8.75. The molecule has 0 aliphatic carbocycles. The highest BCUT2D eigenvalue weighted by Crippen LogP contribution is 2.27. The van der Waals surface area contributed by atoms with Crippen molar-refractivity contribution in [1.29, 1.82) is 0 Å². The number of hydrogen-bond donors (Lipinski definition) is 0. The van der Waals surface area contributed by atoms with Crippen molar-refractivity contribution in [3.8, 4) is 11.5 Å². The van der Waals surface area contributed by atoms with Gasteiger partial charge < -0.3 is 14.2 Å². The molecule has 0 spiro atoms. The molecule has 0 unspecified atom stereocenters. The zero-order chi connectivity index (χ0) is 19.4. The van der Waals surface area contributed by atoms with Crippen LogP contribution in [-0.4, -0.2) is 34.8 Å². The van der Waals surface area contributed by atoms with Crippen LogP contribution in [0, 0.1) is 6.92 Å². The molecule has 0 N–H and O–H groups in total. The van der Waals surface area contributed by atoms with Crippen LogP contribution in [0.1, 0.15) is 16.3 Å². The van der Waals surface area contributed by atoms with Gasteiger partial charge in [0.2, 0.25) is 4.96 Å². The highest BCUT2D eigenvalue weighted by molar-refractivity contribution is 7.16. The van der Waals surface area contributed by atoms with Gasteiger partial charge in [-0.15, -0.1) is 0 Å². The standard InChI is InChI=1S/C18H17N3O5S/c1-11-8-16(22)21-18(19-11)27-15(20-21)10-26-17(23)7-5-12-4-6-13(24-2)14(9-12)25-3/h4-9H,10H2,1-3H3/b7-5+. The van der Waals surface area contributed by atoms with Gasteiger partial charge in [0.25, 0.3) is 5.56 Å². The van der Waals surface area contributed by atoms with E-state index in [0.29, 0.717) is 27.2 Å². The summed E-state index contributed by atoms with van der Waals surface area (Å²) in [4.78, 5) is 28.5. The maximum absolute atomic E-state index is 11.9. The molecule has 8 nitrogen and oxygen atoms in total. The average Bonchev–Trinajstić information content (AvgIpc) is 3.07. The van der Waals surface area contributed by atoms with E-state index >= 15 is 0 Å². The highest BCUT2D eigenvalue weighted by atomic mass is 32.1. The van der Waals surface area contributed by atoms with Gasteiger partial charge in [-0.1, -0.05) is 17.4 Å². The van der Waals surface area contributed by atoms with Gasteiger partial charge in [-0.3, -0.25) is 4.79 Å². The van der Waals surface area contributed by atoms with Crippen LogP contribution < -0.4 is 15.0 Å². The third-order valence-corrected chi connectivity index (χ3v) is 4.45. The molecule has 0 aliphatic rings. The SMILES string of the molecule is COc1ccc(/C=C/C(=O)OCc2nn3c(=O)cc(C)nc3s2)cc1OC. The molecule has 0 fully saturated rings. The number of methoxy groups -OCH3 is 2. The maximum Gasteiger partial charge on any atom is 0.331 e. The van der Waals surface area contributed by atoms with E-state index in [1.54, 1.807) is 45.4 Å². The number of carbonyl (C=O) groups excluding carboxylic acids is 1. The largest absolute Gasteiger partial charge is 0.493 e. The summed E-state index contributed by atoms with van der Waals surface area (Å²) in [6.07, 6.45) is 2.92. The van der Waals surface area contributed by atoms with E-state index in [-0.39, 0.29) is 12.2 Å². The Morgan fingerprint density at radius 2 is 2.00 bits per heavy atom. The minimum Gasteiger partial charge on any atom is -0.493 e. The molecule has 2 aromatic heterocycles. The third-order valence-electron chi connectivity index (χ3n) is 3.57. The summed E-state index contributed by atoms with van der Waals surface area (Å²) in [6, 6.07) is 6.68. The van der Waals surface area contributed by atoms with E-state index in [1.165, 1.54) is 28.0 Å². The molecule has 0 amide bonds. The van der Waals surface area contributed by atoms with Crippen LogP contribution >= 0.6 is 11.3 Å². The van der Waals surface area contributed by atoms with Crippen molar-refractivity contribution < 1.29 is 19.0 Å². The van der Waals surface area contributed by atoms with Crippen molar-refractivity contribution in [1.82, 2.24) is 14.6 Å². The molecular weight excluding hydrogens is 370 g/mol. The fourth-order valence-corrected chi connectivity index (χ4v) is 3.18. The van der Waals surface area contributed by atoms with Crippen LogP contribution in [0.2, 0.25) is 0 Å². The number of aryl methyl sites for hydroxylation is 1. The molecule has 3 aromatic rings. The van der Waals surface area contributed by atoms with Gasteiger partial charge in [0, 0.05) is 17.8 Å². The molecule has 140 valence electrons. The Labute approximate surface area is 158 Å². The van der Waals surface area contributed by atoms with E-state index < -0.39 is 5.97 Å². The molecule has 0 saturated heterocycles. The van der Waals surface area contributed by atoms with Crippen LogP contribution in [0.15, 0.2) is 35.1 Å². The quantitative estimate of drug-likeness (QED) is 0.473. The molecule has 9 heteroatoms. The van der Waals surface area contributed by atoms with Crippen LogP contribution in [-0.2, 0) is 16.1 Å². The Kier molecular flexibility index (Phi) is 5.51. The highest BCUT2D eigenvalue weighted by Gasteiger charge is 2.09. The second kappa shape index (κ2) is 8.00. The number of benzene rings is 1. The van der Waals surface area contributed by atoms with Crippen molar-refractivity contribution in [3.05, 3.63) is 57.0 Å². The van der Waals surface area contributed by atoms with Crippen molar-refractivity contribution in [2.24, 2.45) is 0 Å². The van der Waals surface area contributed by atoms with E-state index in [2.05, 4.69) is 10.1 Å². The van der Waals surface area contributed by atoms with E-state index in [9.17, 15) is 9.59 Å². The molecule has 0 bridgehead atoms. The first-order valence-electron chi connectivity index (χ1n) is 7.93. The number of aromatic nitrogens is 3. The second-order valence-electron chi connectivity index (χ2n) is 5.48. The summed E-state index contributed by atoms with van der Waals surface area (Å²) in [5.74, 6) is 0.642. The zero-order valence-corrected chi connectivity index (χ0v) is 15.8. The lowest BCUT2D eigenvalue weighted by atomic mass is 10.2. The molecule has 27 heavy (non-hydrogen) atoms. The Bertz CT molecular complexity index is 1070. The summed E-state index contributed by atoms with van der Waals surface area (Å²) in [6.45, 7) is 1.70. The molecule has 2 heterocycles. The minimum absolute atomic E-state index is 0.0401. The normalized spacial score (nSPS) is 11.1. The van der Waals surface area contributed by atoms with E-state index in [1.807, 2.05) is 0 Å². The molecule has 0 aliphatic heterocycles. The second-order valence-corrected chi connectivity index (χ2v) is 6.52. The number of esters is 1. The van der Waals surface area contributed by atoms with Crippen LogP contribution in [0.4, 0.5) is 0 Å². The molecule has 1 aromatic carbocycles. The molecule has 0 radical (unpaired) electrons. The van der Waals surface area contributed by atoms with E-state index in [0.717, 1.165) is 5.56 Å².